The summed E-state index contributed by atoms with van der Waals surface area (Å²) in [5.74, 6) is -0.0191. The lowest BCUT2D eigenvalue weighted by atomic mass is 10.2. The summed E-state index contributed by atoms with van der Waals surface area (Å²) in [4.78, 5) is 13.7. The van der Waals surface area contributed by atoms with Crippen LogP contribution in [0, 0.1) is 0 Å². The molecule has 1 aromatic carbocycles. The monoisotopic (exact) mass is 366 g/mol. The number of rotatable bonds is 6. The van der Waals surface area contributed by atoms with E-state index in [-0.39, 0.29) is 24.1 Å². The summed E-state index contributed by atoms with van der Waals surface area (Å²) < 4.78 is 40.0. The van der Waals surface area contributed by atoms with E-state index in [4.69, 9.17) is 0 Å². The molecule has 2 rings (SSSR count). The Bertz CT molecular complexity index is 509. The number of benzene rings is 1. The zero-order valence-corrected chi connectivity index (χ0v) is 14.1. The van der Waals surface area contributed by atoms with Crippen molar-refractivity contribution in [3.63, 3.8) is 0 Å². The number of nitrogens with zero attached hydrogens (tertiary/aromatic N) is 1. The van der Waals surface area contributed by atoms with Gasteiger partial charge in [-0.2, -0.15) is 0 Å². The van der Waals surface area contributed by atoms with E-state index < -0.39 is 6.36 Å². The second-order valence-corrected chi connectivity index (χ2v) is 5.56. The van der Waals surface area contributed by atoms with E-state index in [1.54, 1.807) is 12.1 Å². The number of hydrogen-bond donors (Lipinski definition) is 1. The van der Waals surface area contributed by atoms with E-state index in [9.17, 15) is 18.0 Å². The topological polar surface area (TPSA) is 41.6 Å². The summed E-state index contributed by atoms with van der Waals surface area (Å²) in [5, 5.41) is 3.20. The van der Waals surface area contributed by atoms with Crippen molar-refractivity contribution in [1.82, 2.24) is 10.2 Å². The largest absolute Gasteiger partial charge is 0.573 e. The molecule has 24 heavy (non-hydrogen) atoms. The molecule has 1 aromatic rings. The molecular formula is C16H22ClF3N2O2. The van der Waals surface area contributed by atoms with Crippen LogP contribution < -0.4 is 10.1 Å². The number of carbonyl (C=O) groups is 1. The summed E-state index contributed by atoms with van der Waals surface area (Å²) in [6.07, 6.45) is -0.927. The van der Waals surface area contributed by atoms with Crippen molar-refractivity contribution in [3.05, 3.63) is 29.8 Å². The van der Waals surface area contributed by atoms with Gasteiger partial charge in [-0.3, -0.25) is 4.79 Å². The zero-order chi connectivity index (χ0) is 16.7. The Morgan fingerprint density at radius 3 is 2.50 bits per heavy atom. The van der Waals surface area contributed by atoms with Crippen LogP contribution in [0.4, 0.5) is 13.2 Å². The molecule has 0 saturated carbocycles. The van der Waals surface area contributed by atoms with Crippen molar-refractivity contribution in [1.29, 1.82) is 0 Å². The molecular weight excluding hydrogens is 345 g/mol. The molecule has 1 amide bonds. The molecule has 0 radical (unpaired) electrons. The van der Waals surface area contributed by atoms with Crippen LogP contribution in [-0.4, -0.2) is 36.8 Å². The van der Waals surface area contributed by atoms with Crippen molar-refractivity contribution in [3.8, 4) is 5.75 Å². The van der Waals surface area contributed by atoms with Crippen molar-refractivity contribution >= 4 is 18.3 Å². The van der Waals surface area contributed by atoms with E-state index in [0.29, 0.717) is 26.1 Å². The van der Waals surface area contributed by atoms with Gasteiger partial charge in [0.05, 0.1) is 0 Å². The first-order valence-corrected chi connectivity index (χ1v) is 7.77. The second-order valence-electron chi connectivity index (χ2n) is 5.56. The Kier molecular flexibility index (Phi) is 8.35. The van der Waals surface area contributed by atoms with Crippen molar-refractivity contribution < 1.29 is 22.7 Å². The third-order valence-electron chi connectivity index (χ3n) is 3.72. The first-order chi connectivity index (χ1) is 10.9. The van der Waals surface area contributed by atoms with Gasteiger partial charge in [0.15, 0.2) is 0 Å². The minimum atomic E-state index is -4.67. The van der Waals surface area contributed by atoms with Crippen molar-refractivity contribution in [2.45, 2.75) is 38.6 Å². The summed E-state index contributed by atoms with van der Waals surface area (Å²) in [6, 6.07) is 5.77. The molecule has 8 heteroatoms. The normalized spacial score (nSPS) is 15.6. The van der Waals surface area contributed by atoms with Gasteiger partial charge >= 0.3 is 6.36 Å². The molecule has 136 valence electrons. The fourth-order valence-corrected chi connectivity index (χ4v) is 2.53. The summed E-state index contributed by atoms with van der Waals surface area (Å²) >= 11 is 0. The second kappa shape index (κ2) is 9.74. The highest BCUT2D eigenvalue weighted by atomic mass is 35.5. The smallest absolute Gasteiger partial charge is 0.406 e. The summed E-state index contributed by atoms with van der Waals surface area (Å²) in [6.45, 7) is 2.67. The van der Waals surface area contributed by atoms with Gasteiger partial charge in [-0.15, -0.1) is 25.6 Å². The summed E-state index contributed by atoms with van der Waals surface area (Å²) in [7, 11) is 0. The van der Waals surface area contributed by atoms with Crippen LogP contribution in [0.5, 0.6) is 5.75 Å². The number of carbonyl (C=O) groups excluding carboxylic acids is 1. The van der Waals surface area contributed by atoms with Crippen LogP contribution >= 0.6 is 12.4 Å². The molecule has 0 bridgehead atoms. The number of nitrogens with one attached hydrogen (secondary N) is 1. The predicted octanol–water partition coefficient (Wildman–Crippen LogP) is 3.50. The molecule has 1 saturated heterocycles. The first-order valence-electron chi connectivity index (χ1n) is 7.77. The third-order valence-corrected chi connectivity index (χ3v) is 3.72. The van der Waals surface area contributed by atoms with Gasteiger partial charge in [0, 0.05) is 32.6 Å². The van der Waals surface area contributed by atoms with Gasteiger partial charge in [0.25, 0.3) is 0 Å². The van der Waals surface area contributed by atoms with Gasteiger partial charge in [0.1, 0.15) is 5.75 Å². The molecule has 0 aliphatic carbocycles. The zero-order valence-electron chi connectivity index (χ0n) is 13.3. The van der Waals surface area contributed by atoms with E-state index in [2.05, 4.69) is 10.1 Å². The van der Waals surface area contributed by atoms with Crippen molar-refractivity contribution in [2.24, 2.45) is 0 Å². The number of halogens is 4. The summed E-state index contributed by atoms with van der Waals surface area (Å²) in [5.41, 5.74) is 0.863. The Hall–Kier alpha value is -1.47. The quantitative estimate of drug-likeness (QED) is 0.783. The molecule has 0 spiro atoms. The molecule has 0 unspecified atom stereocenters. The maximum absolute atomic E-state index is 12.1. The Morgan fingerprint density at radius 2 is 1.83 bits per heavy atom. The minimum Gasteiger partial charge on any atom is -0.406 e. The van der Waals surface area contributed by atoms with Crippen LogP contribution in [0.2, 0.25) is 0 Å². The highest BCUT2D eigenvalue weighted by molar-refractivity contribution is 5.85. The fourth-order valence-electron chi connectivity index (χ4n) is 2.53. The number of alkyl halides is 3. The van der Waals surface area contributed by atoms with Crippen LogP contribution in [0.15, 0.2) is 24.3 Å². The van der Waals surface area contributed by atoms with Crippen LogP contribution in [-0.2, 0) is 11.3 Å². The van der Waals surface area contributed by atoms with Gasteiger partial charge in [-0.05, 0) is 30.5 Å². The number of likely N-dealkylation sites (tertiary alicyclic amines) is 1. The van der Waals surface area contributed by atoms with Crippen LogP contribution in [0.25, 0.3) is 0 Å². The van der Waals surface area contributed by atoms with Gasteiger partial charge in [0.2, 0.25) is 5.91 Å². The van der Waals surface area contributed by atoms with Gasteiger partial charge in [-0.25, -0.2) is 0 Å². The average Bonchev–Trinajstić information content (AvgIpc) is 2.68. The third kappa shape index (κ3) is 7.40. The maximum atomic E-state index is 12.1. The number of amides is 1. The molecule has 1 heterocycles. The van der Waals surface area contributed by atoms with Gasteiger partial charge in [-0.1, -0.05) is 18.6 Å². The first kappa shape index (κ1) is 20.6. The minimum absolute atomic E-state index is 0. The van der Waals surface area contributed by atoms with E-state index >= 15 is 0 Å². The maximum Gasteiger partial charge on any atom is 0.573 e. The predicted molar refractivity (Wildman–Crippen MR) is 87.1 cm³/mol. The van der Waals surface area contributed by atoms with Crippen LogP contribution in [0.1, 0.15) is 31.2 Å². The van der Waals surface area contributed by atoms with Crippen LogP contribution in [0.3, 0.4) is 0 Å². The van der Waals surface area contributed by atoms with Gasteiger partial charge < -0.3 is 15.0 Å². The fraction of sp³-hybridized carbons (Fsp3) is 0.562. The molecule has 1 fully saturated rings. The number of hydrogen-bond acceptors (Lipinski definition) is 3. The molecule has 1 aliphatic heterocycles. The standard InChI is InChI=1S/C16H21F3N2O2.ClH/c17-16(18,19)23-14-7-5-13(6-8-14)12-20-9-11-21-10-3-1-2-4-15(21)22;/h5-8,20H,1-4,9-12H2;1H. The Balaban J connectivity index is 0.00000288. The van der Waals surface area contributed by atoms with E-state index in [0.717, 1.165) is 31.4 Å². The number of ether oxygens (including phenoxy) is 1. The lowest BCUT2D eigenvalue weighted by Gasteiger charge is -2.20. The molecule has 0 atom stereocenters. The molecule has 1 N–H and O–H groups in total. The van der Waals surface area contributed by atoms with E-state index in [1.165, 1.54) is 12.1 Å². The highest BCUT2D eigenvalue weighted by Crippen LogP contribution is 2.22. The SMILES string of the molecule is Cl.O=C1CCCCCN1CCNCc1ccc(OC(F)(F)F)cc1. The Labute approximate surface area is 145 Å². The van der Waals surface area contributed by atoms with E-state index in [1.807, 2.05) is 4.90 Å². The van der Waals surface area contributed by atoms with Crippen molar-refractivity contribution in [2.75, 3.05) is 19.6 Å². The molecule has 1 aliphatic rings. The lowest BCUT2D eigenvalue weighted by Crippen LogP contribution is -2.36. The molecule has 4 nitrogen and oxygen atoms in total. The lowest BCUT2D eigenvalue weighted by molar-refractivity contribution is -0.274. The highest BCUT2D eigenvalue weighted by Gasteiger charge is 2.30. The molecule has 0 aromatic heterocycles. The average molecular weight is 367 g/mol. The Morgan fingerprint density at radius 1 is 1.12 bits per heavy atom.